The predicted octanol–water partition coefficient (Wildman–Crippen LogP) is 1.86. The minimum atomic E-state index is -0.754. The second-order valence-corrected chi connectivity index (χ2v) is 6.57. The number of carbonyl (C=O) groups excluding carboxylic acids is 2. The molecule has 1 unspecified atom stereocenters. The number of aromatic nitrogens is 1. The molecule has 1 saturated heterocycles. The third-order valence-corrected chi connectivity index (χ3v) is 4.96. The Labute approximate surface area is 123 Å². The van der Waals surface area contributed by atoms with Gasteiger partial charge in [-0.25, -0.2) is 4.98 Å². The zero-order valence-corrected chi connectivity index (χ0v) is 13.2. The summed E-state index contributed by atoms with van der Waals surface area (Å²) in [6, 6.07) is -0.446. The van der Waals surface area contributed by atoms with Crippen molar-refractivity contribution in [2.75, 3.05) is 0 Å². The van der Waals surface area contributed by atoms with E-state index in [1.165, 1.54) is 0 Å². The molecule has 0 saturated carbocycles. The molecule has 2 rings (SSSR count). The topological polar surface area (TPSA) is 62.3 Å². The quantitative estimate of drug-likeness (QED) is 0.922. The summed E-state index contributed by atoms with van der Waals surface area (Å²) in [5.41, 5.74) is -0.754. The molecule has 0 aromatic carbocycles. The number of thiazole rings is 1. The Hall–Kier alpha value is -1.43. The van der Waals surface area contributed by atoms with Crippen LogP contribution >= 0.6 is 11.3 Å². The van der Waals surface area contributed by atoms with Crippen LogP contribution in [0.3, 0.4) is 0 Å². The molecule has 0 radical (unpaired) electrons. The number of aryl methyl sites for hydroxylation is 1. The van der Waals surface area contributed by atoms with Crippen LogP contribution in [0.15, 0.2) is 6.20 Å². The molecule has 2 heterocycles. The summed E-state index contributed by atoms with van der Waals surface area (Å²) in [5, 5.41) is 3.78. The standard InChI is InChI=1S/C14H21N3O2S/c1-5-14(6-2)13(19)17(10(4)12(18)16-14)8-11-15-7-9(3)20-11/h7,10H,5-6,8H2,1-4H3,(H,16,18). The molecule has 110 valence electrons. The van der Waals surface area contributed by atoms with Crippen molar-refractivity contribution in [3.05, 3.63) is 16.1 Å². The SMILES string of the molecule is CCC1(CC)NC(=O)C(C)N(Cc2ncc(C)s2)C1=O. The van der Waals surface area contributed by atoms with Crippen LogP contribution in [0.2, 0.25) is 0 Å². The monoisotopic (exact) mass is 295 g/mol. The van der Waals surface area contributed by atoms with E-state index >= 15 is 0 Å². The number of rotatable bonds is 4. The molecule has 2 amide bonds. The first-order chi connectivity index (χ1) is 9.43. The first kappa shape index (κ1) is 15.0. The third kappa shape index (κ3) is 2.44. The van der Waals surface area contributed by atoms with Crippen molar-refractivity contribution >= 4 is 23.2 Å². The normalized spacial score (nSPS) is 22.0. The van der Waals surface area contributed by atoms with E-state index < -0.39 is 11.6 Å². The highest BCUT2D eigenvalue weighted by Gasteiger charge is 2.47. The molecule has 20 heavy (non-hydrogen) atoms. The summed E-state index contributed by atoms with van der Waals surface area (Å²) in [7, 11) is 0. The fourth-order valence-electron chi connectivity index (χ4n) is 2.54. The van der Waals surface area contributed by atoms with Gasteiger partial charge >= 0.3 is 0 Å². The molecule has 1 atom stereocenters. The Morgan fingerprint density at radius 3 is 2.55 bits per heavy atom. The maximum absolute atomic E-state index is 12.8. The molecule has 1 aromatic rings. The highest BCUT2D eigenvalue weighted by molar-refractivity contribution is 7.11. The zero-order chi connectivity index (χ0) is 14.9. The highest BCUT2D eigenvalue weighted by atomic mass is 32.1. The van der Waals surface area contributed by atoms with E-state index in [4.69, 9.17) is 0 Å². The molecule has 0 bridgehead atoms. The van der Waals surface area contributed by atoms with E-state index in [1.54, 1.807) is 29.4 Å². The Balaban J connectivity index is 2.28. The van der Waals surface area contributed by atoms with Crippen molar-refractivity contribution < 1.29 is 9.59 Å². The summed E-state index contributed by atoms with van der Waals surface area (Å²) in [4.78, 5) is 32.0. The molecule has 0 spiro atoms. The van der Waals surface area contributed by atoms with E-state index in [2.05, 4.69) is 10.3 Å². The fourth-order valence-corrected chi connectivity index (χ4v) is 3.33. The van der Waals surface area contributed by atoms with Gasteiger partial charge < -0.3 is 10.2 Å². The fraction of sp³-hybridized carbons (Fsp3) is 0.643. The van der Waals surface area contributed by atoms with Crippen molar-refractivity contribution in [2.45, 2.75) is 58.7 Å². The minimum absolute atomic E-state index is 0.00227. The van der Waals surface area contributed by atoms with Gasteiger partial charge in [0.1, 0.15) is 16.6 Å². The maximum atomic E-state index is 12.8. The van der Waals surface area contributed by atoms with Gasteiger partial charge in [-0.05, 0) is 26.7 Å². The number of hydrogen-bond acceptors (Lipinski definition) is 4. The van der Waals surface area contributed by atoms with E-state index in [9.17, 15) is 9.59 Å². The van der Waals surface area contributed by atoms with Crippen LogP contribution in [-0.4, -0.2) is 33.3 Å². The highest BCUT2D eigenvalue weighted by Crippen LogP contribution is 2.27. The average Bonchev–Trinajstić information content (AvgIpc) is 2.84. The van der Waals surface area contributed by atoms with Crippen molar-refractivity contribution in [3.8, 4) is 0 Å². The number of amides is 2. The van der Waals surface area contributed by atoms with Gasteiger partial charge in [-0.3, -0.25) is 9.59 Å². The van der Waals surface area contributed by atoms with Gasteiger partial charge in [-0.15, -0.1) is 11.3 Å². The van der Waals surface area contributed by atoms with Crippen molar-refractivity contribution in [2.24, 2.45) is 0 Å². The first-order valence-electron chi connectivity index (χ1n) is 6.98. The molecule has 5 nitrogen and oxygen atoms in total. The number of piperazine rings is 1. The molecule has 1 fully saturated rings. The van der Waals surface area contributed by atoms with Gasteiger partial charge in [0.05, 0.1) is 6.54 Å². The second-order valence-electron chi connectivity index (χ2n) is 5.25. The van der Waals surface area contributed by atoms with Crippen molar-refractivity contribution in [1.82, 2.24) is 15.2 Å². The lowest BCUT2D eigenvalue weighted by molar-refractivity contribution is -0.155. The first-order valence-corrected chi connectivity index (χ1v) is 7.79. The Kier molecular flexibility index (Phi) is 4.13. The number of nitrogens with one attached hydrogen (secondary N) is 1. The summed E-state index contributed by atoms with van der Waals surface area (Å²) in [6.07, 6.45) is 3.01. The lowest BCUT2D eigenvalue weighted by Gasteiger charge is -2.44. The van der Waals surface area contributed by atoms with Gasteiger partial charge in [-0.1, -0.05) is 13.8 Å². The average molecular weight is 295 g/mol. The number of nitrogens with zero attached hydrogens (tertiary/aromatic N) is 2. The van der Waals surface area contributed by atoms with Gasteiger partial charge in [-0.2, -0.15) is 0 Å². The molecule has 1 aliphatic rings. The van der Waals surface area contributed by atoms with Crippen LogP contribution in [0.4, 0.5) is 0 Å². The lowest BCUT2D eigenvalue weighted by Crippen LogP contribution is -2.69. The Morgan fingerprint density at radius 2 is 2.05 bits per heavy atom. The predicted molar refractivity (Wildman–Crippen MR) is 78.3 cm³/mol. The van der Waals surface area contributed by atoms with Crippen LogP contribution in [-0.2, 0) is 16.1 Å². The van der Waals surface area contributed by atoms with Crippen LogP contribution in [0.1, 0.15) is 43.5 Å². The van der Waals surface area contributed by atoms with E-state index in [1.807, 2.05) is 20.8 Å². The molecular weight excluding hydrogens is 274 g/mol. The maximum Gasteiger partial charge on any atom is 0.249 e. The molecule has 0 aliphatic carbocycles. The summed E-state index contributed by atoms with van der Waals surface area (Å²) >= 11 is 1.57. The van der Waals surface area contributed by atoms with Crippen LogP contribution in [0.25, 0.3) is 0 Å². The number of hydrogen-bond donors (Lipinski definition) is 1. The van der Waals surface area contributed by atoms with Crippen LogP contribution in [0, 0.1) is 6.92 Å². The van der Waals surface area contributed by atoms with Gasteiger partial charge in [0.2, 0.25) is 11.8 Å². The smallest absolute Gasteiger partial charge is 0.249 e. The Morgan fingerprint density at radius 1 is 1.40 bits per heavy atom. The summed E-state index contributed by atoms with van der Waals surface area (Å²) in [5.74, 6) is -0.0796. The Bertz CT molecular complexity index is 522. The molecule has 1 aromatic heterocycles. The second kappa shape index (κ2) is 5.52. The minimum Gasteiger partial charge on any atom is -0.340 e. The van der Waals surface area contributed by atoms with Crippen LogP contribution < -0.4 is 5.32 Å². The zero-order valence-electron chi connectivity index (χ0n) is 12.4. The van der Waals surface area contributed by atoms with Gasteiger partial charge in [0.15, 0.2) is 0 Å². The molecule has 6 heteroatoms. The molecule has 1 N–H and O–H groups in total. The number of carbonyl (C=O) groups is 2. The van der Waals surface area contributed by atoms with E-state index in [0.717, 1.165) is 9.88 Å². The molecule has 1 aliphatic heterocycles. The molecular formula is C14H21N3O2S. The largest absolute Gasteiger partial charge is 0.340 e. The van der Waals surface area contributed by atoms with Gasteiger partial charge in [0, 0.05) is 11.1 Å². The third-order valence-electron chi connectivity index (χ3n) is 4.06. The van der Waals surface area contributed by atoms with Crippen molar-refractivity contribution in [3.63, 3.8) is 0 Å². The summed E-state index contributed by atoms with van der Waals surface area (Å²) < 4.78 is 0. The van der Waals surface area contributed by atoms with Crippen LogP contribution in [0.5, 0.6) is 0 Å². The lowest BCUT2D eigenvalue weighted by atomic mass is 9.87. The van der Waals surface area contributed by atoms with E-state index in [-0.39, 0.29) is 11.8 Å². The van der Waals surface area contributed by atoms with Crippen molar-refractivity contribution in [1.29, 1.82) is 0 Å². The summed E-state index contributed by atoms with van der Waals surface area (Å²) in [6.45, 7) is 8.03. The van der Waals surface area contributed by atoms with E-state index in [0.29, 0.717) is 19.4 Å². The van der Waals surface area contributed by atoms with Gasteiger partial charge in [0.25, 0.3) is 0 Å².